The van der Waals surface area contributed by atoms with E-state index in [2.05, 4.69) is 24.1 Å². The maximum absolute atomic E-state index is 6.08. The molecule has 1 atom stereocenters. The molecule has 0 aromatic heterocycles. The Morgan fingerprint density at radius 3 is 2.93 bits per heavy atom. The molecule has 1 aromatic rings. The summed E-state index contributed by atoms with van der Waals surface area (Å²) in [5, 5.41) is 0. The zero-order chi connectivity index (χ0) is 10.7. The van der Waals surface area contributed by atoms with Crippen molar-refractivity contribution in [1.82, 2.24) is 0 Å². The Bertz CT molecular complexity index is 387. The second-order valence-electron chi connectivity index (χ2n) is 4.23. The molecule has 78 valence electrons. The average molecular weight is 199 g/mol. The van der Waals surface area contributed by atoms with Crippen molar-refractivity contribution in [1.29, 1.82) is 0 Å². The number of hydrogen-bond donors (Lipinski definition) is 1. The summed E-state index contributed by atoms with van der Waals surface area (Å²) in [4.78, 5) is 0. The van der Waals surface area contributed by atoms with E-state index in [9.17, 15) is 0 Å². The van der Waals surface area contributed by atoms with Gasteiger partial charge in [0.1, 0.15) is 0 Å². The van der Waals surface area contributed by atoms with E-state index < -0.39 is 0 Å². The first kappa shape index (κ1) is 10.3. The van der Waals surface area contributed by atoms with Crippen molar-refractivity contribution in [2.45, 2.75) is 38.1 Å². The van der Waals surface area contributed by atoms with Gasteiger partial charge in [-0.3, -0.25) is 0 Å². The molecule has 1 aliphatic rings. The summed E-state index contributed by atoms with van der Waals surface area (Å²) in [5.41, 5.74) is 10.3. The largest absolute Gasteiger partial charge is 0.324 e. The van der Waals surface area contributed by atoms with Crippen LogP contribution in [0.3, 0.4) is 0 Å². The monoisotopic (exact) mass is 199 g/mol. The second kappa shape index (κ2) is 4.51. The third-order valence-corrected chi connectivity index (χ3v) is 3.15. The number of benzene rings is 1. The lowest BCUT2D eigenvalue weighted by atomic mass is 9.99. The molecule has 0 heterocycles. The Hall–Kier alpha value is -1.26. The molecule has 2 rings (SSSR count). The molecule has 1 nitrogen and oxygen atoms in total. The summed E-state index contributed by atoms with van der Waals surface area (Å²) in [6.07, 6.45) is 10.6. The minimum Gasteiger partial charge on any atom is -0.324 e. The molecule has 15 heavy (non-hydrogen) atoms. The molecule has 0 amide bonds. The van der Waals surface area contributed by atoms with E-state index in [-0.39, 0.29) is 6.04 Å². The van der Waals surface area contributed by atoms with Crippen molar-refractivity contribution < 1.29 is 0 Å². The number of rotatable bonds is 3. The second-order valence-corrected chi connectivity index (χ2v) is 4.23. The van der Waals surface area contributed by atoms with E-state index in [0.29, 0.717) is 0 Å². The number of terminal acetylenes is 1. The zero-order valence-corrected chi connectivity index (χ0v) is 9.00. The van der Waals surface area contributed by atoms with Crippen LogP contribution < -0.4 is 5.73 Å². The van der Waals surface area contributed by atoms with E-state index in [0.717, 1.165) is 12.8 Å². The predicted molar refractivity (Wildman–Crippen MR) is 63.5 cm³/mol. The summed E-state index contributed by atoms with van der Waals surface area (Å²) in [7, 11) is 0. The highest BCUT2D eigenvalue weighted by Crippen LogP contribution is 2.25. The van der Waals surface area contributed by atoms with Crippen LogP contribution in [0.15, 0.2) is 18.2 Å². The standard InChI is InChI=1S/C14H17N/c1-2-3-7-14(15)13-9-8-11-5-4-6-12(11)10-13/h1,8-10,14H,3-7,15H2. The number of aryl methyl sites for hydroxylation is 2. The van der Waals surface area contributed by atoms with Gasteiger partial charge in [-0.15, -0.1) is 12.3 Å². The van der Waals surface area contributed by atoms with Crippen molar-refractivity contribution >= 4 is 0 Å². The van der Waals surface area contributed by atoms with Crippen molar-refractivity contribution in [3.8, 4) is 12.3 Å². The summed E-state index contributed by atoms with van der Waals surface area (Å²) >= 11 is 0. The minimum absolute atomic E-state index is 0.104. The lowest BCUT2D eigenvalue weighted by Gasteiger charge is -2.12. The van der Waals surface area contributed by atoms with Gasteiger partial charge < -0.3 is 5.73 Å². The van der Waals surface area contributed by atoms with Crippen LogP contribution in [0.4, 0.5) is 0 Å². The third-order valence-electron chi connectivity index (χ3n) is 3.15. The van der Waals surface area contributed by atoms with Crippen LogP contribution in [0, 0.1) is 12.3 Å². The predicted octanol–water partition coefficient (Wildman–Crippen LogP) is 2.59. The van der Waals surface area contributed by atoms with Gasteiger partial charge in [0.15, 0.2) is 0 Å². The molecule has 2 N–H and O–H groups in total. The first-order valence-corrected chi connectivity index (χ1v) is 5.62. The van der Waals surface area contributed by atoms with E-state index in [1.807, 2.05) is 0 Å². The first-order chi connectivity index (χ1) is 7.31. The summed E-state index contributed by atoms with van der Waals surface area (Å²) < 4.78 is 0. The summed E-state index contributed by atoms with van der Waals surface area (Å²) in [5.74, 6) is 2.64. The third kappa shape index (κ3) is 2.22. The molecular formula is C14H17N. The maximum atomic E-state index is 6.08. The Labute approximate surface area is 91.7 Å². The van der Waals surface area contributed by atoms with E-state index in [4.69, 9.17) is 12.2 Å². The van der Waals surface area contributed by atoms with Gasteiger partial charge in [0.2, 0.25) is 0 Å². The van der Waals surface area contributed by atoms with Crippen LogP contribution in [0.25, 0.3) is 0 Å². The van der Waals surface area contributed by atoms with Crippen molar-refractivity contribution in [3.05, 3.63) is 34.9 Å². The highest BCUT2D eigenvalue weighted by atomic mass is 14.6. The molecule has 0 saturated carbocycles. The highest BCUT2D eigenvalue weighted by Gasteiger charge is 2.13. The number of fused-ring (bicyclic) bond motifs is 1. The fourth-order valence-corrected chi connectivity index (χ4v) is 2.23. The zero-order valence-electron chi connectivity index (χ0n) is 9.00. The highest BCUT2D eigenvalue weighted by molar-refractivity contribution is 5.36. The van der Waals surface area contributed by atoms with Gasteiger partial charge >= 0.3 is 0 Å². The van der Waals surface area contributed by atoms with Crippen LogP contribution in [0.2, 0.25) is 0 Å². The van der Waals surface area contributed by atoms with E-state index >= 15 is 0 Å². The van der Waals surface area contributed by atoms with Gasteiger partial charge in [0.25, 0.3) is 0 Å². The Kier molecular flexibility index (Phi) is 3.08. The molecule has 0 fully saturated rings. The van der Waals surface area contributed by atoms with Crippen molar-refractivity contribution in [3.63, 3.8) is 0 Å². The number of nitrogens with two attached hydrogens (primary N) is 1. The molecule has 1 heteroatoms. The van der Waals surface area contributed by atoms with Gasteiger partial charge in [-0.1, -0.05) is 18.2 Å². The SMILES string of the molecule is C#CCCC(N)c1ccc2c(c1)CCC2. The fourth-order valence-electron chi connectivity index (χ4n) is 2.23. The molecule has 0 bridgehead atoms. The van der Waals surface area contributed by atoms with E-state index in [1.54, 1.807) is 0 Å². The van der Waals surface area contributed by atoms with Crippen LogP contribution in [0.5, 0.6) is 0 Å². The smallest absolute Gasteiger partial charge is 0.0304 e. The van der Waals surface area contributed by atoms with Gasteiger partial charge in [-0.05, 0) is 42.4 Å². The Morgan fingerprint density at radius 1 is 1.33 bits per heavy atom. The van der Waals surface area contributed by atoms with Crippen LogP contribution >= 0.6 is 0 Å². The van der Waals surface area contributed by atoms with E-state index in [1.165, 1.54) is 36.0 Å². The molecule has 0 radical (unpaired) electrons. The summed E-state index contributed by atoms with van der Waals surface area (Å²) in [6.45, 7) is 0. The molecule has 0 aliphatic heterocycles. The first-order valence-electron chi connectivity index (χ1n) is 5.62. The van der Waals surface area contributed by atoms with Crippen molar-refractivity contribution in [2.75, 3.05) is 0 Å². The van der Waals surface area contributed by atoms with Gasteiger partial charge in [0, 0.05) is 12.5 Å². The van der Waals surface area contributed by atoms with Crippen molar-refractivity contribution in [2.24, 2.45) is 5.73 Å². The number of hydrogen-bond acceptors (Lipinski definition) is 1. The average Bonchev–Trinajstić information content (AvgIpc) is 2.72. The van der Waals surface area contributed by atoms with Crippen LogP contribution in [0.1, 0.15) is 42.0 Å². The van der Waals surface area contributed by atoms with Gasteiger partial charge in [0.05, 0.1) is 0 Å². The lowest BCUT2D eigenvalue weighted by Crippen LogP contribution is -2.10. The van der Waals surface area contributed by atoms with Crippen LogP contribution in [-0.4, -0.2) is 0 Å². The Morgan fingerprint density at radius 2 is 2.13 bits per heavy atom. The Balaban J connectivity index is 2.12. The van der Waals surface area contributed by atoms with Gasteiger partial charge in [-0.2, -0.15) is 0 Å². The molecule has 0 saturated heterocycles. The normalized spacial score (nSPS) is 15.7. The fraction of sp³-hybridized carbons (Fsp3) is 0.429. The molecular weight excluding hydrogens is 182 g/mol. The topological polar surface area (TPSA) is 26.0 Å². The molecule has 1 aromatic carbocycles. The molecule has 1 aliphatic carbocycles. The minimum atomic E-state index is 0.104. The maximum Gasteiger partial charge on any atom is 0.0304 e. The van der Waals surface area contributed by atoms with Gasteiger partial charge in [-0.25, -0.2) is 0 Å². The quantitative estimate of drug-likeness (QED) is 0.744. The van der Waals surface area contributed by atoms with Crippen LogP contribution in [-0.2, 0) is 12.8 Å². The molecule has 1 unspecified atom stereocenters. The lowest BCUT2D eigenvalue weighted by molar-refractivity contribution is 0.667. The summed E-state index contributed by atoms with van der Waals surface area (Å²) in [6, 6.07) is 6.76. The molecule has 0 spiro atoms.